The van der Waals surface area contributed by atoms with Crippen LogP contribution in [0.3, 0.4) is 0 Å². The maximum absolute atomic E-state index is 6.37. The van der Waals surface area contributed by atoms with Crippen molar-refractivity contribution in [1.29, 1.82) is 0 Å². The first-order valence-electron chi connectivity index (χ1n) is 9.92. The molecule has 0 bridgehead atoms. The average Bonchev–Trinajstić information content (AvgIpc) is 3.36. The zero-order valence-electron chi connectivity index (χ0n) is 17.0. The van der Waals surface area contributed by atoms with Gasteiger partial charge in [0.25, 0.3) is 0 Å². The molecule has 1 N–H and O–H groups in total. The van der Waals surface area contributed by atoms with Crippen LogP contribution in [0.15, 0.2) is 59.1 Å². The first-order valence-corrected chi connectivity index (χ1v) is 10.7. The molecule has 5 nitrogen and oxygen atoms in total. The van der Waals surface area contributed by atoms with Crippen LogP contribution in [0.25, 0.3) is 11.3 Å². The van der Waals surface area contributed by atoms with Crippen molar-refractivity contribution in [3.63, 3.8) is 0 Å². The maximum atomic E-state index is 6.37. The number of pyridine rings is 1. The normalized spacial score (nSPS) is 18.6. The summed E-state index contributed by atoms with van der Waals surface area (Å²) >= 11 is 12.0. The van der Waals surface area contributed by atoms with E-state index in [0.717, 1.165) is 46.3 Å². The molecule has 0 radical (unpaired) electrons. The molecule has 0 amide bonds. The van der Waals surface area contributed by atoms with Gasteiger partial charge in [0, 0.05) is 37.0 Å². The van der Waals surface area contributed by atoms with Crippen LogP contribution in [0.5, 0.6) is 0 Å². The largest absolute Gasteiger partial charge is 0.459 e. The van der Waals surface area contributed by atoms with Gasteiger partial charge in [0.1, 0.15) is 17.6 Å². The number of thiocarbonyl (C=S) groups is 1. The molecule has 1 fully saturated rings. The second-order valence-electron chi connectivity index (χ2n) is 7.28. The van der Waals surface area contributed by atoms with Crippen LogP contribution in [0.2, 0.25) is 5.02 Å². The summed E-state index contributed by atoms with van der Waals surface area (Å²) < 4.78 is 11.6. The Balaban J connectivity index is 1.71. The van der Waals surface area contributed by atoms with Gasteiger partial charge in [-0.25, -0.2) is 0 Å². The number of methoxy groups -OCH3 is 1. The number of nitrogens with one attached hydrogen (secondary N) is 1. The fraction of sp³-hybridized carbons (Fsp3) is 0.304. The summed E-state index contributed by atoms with van der Waals surface area (Å²) in [6.07, 6.45) is 2.67. The molecule has 0 aliphatic carbocycles. The SMILES string of the molecule is COCCCN1C(=S)N[C@H](c2ccccn2)[C@@H]1c1ccc(-c2cccc(Cl)c2C)o1. The minimum atomic E-state index is -0.0995. The molecule has 1 aromatic carbocycles. The molecule has 156 valence electrons. The molecule has 1 aliphatic heterocycles. The van der Waals surface area contributed by atoms with Gasteiger partial charge in [0.05, 0.1) is 11.7 Å². The van der Waals surface area contributed by atoms with E-state index >= 15 is 0 Å². The second-order valence-corrected chi connectivity index (χ2v) is 8.07. The standard InChI is InChI=1S/C23H24ClN3O2S/c1-15-16(7-5-8-17(15)24)19-10-11-20(29-19)22-21(18-9-3-4-12-25-18)26-23(30)27(22)13-6-14-28-2/h3-5,7-12,21-22H,6,13-14H2,1-2H3,(H,26,30)/t21-,22+/m1/s1. The first-order chi connectivity index (χ1) is 14.6. The lowest BCUT2D eigenvalue weighted by Crippen LogP contribution is -2.31. The lowest BCUT2D eigenvalue weighted by Gasteiger charge is -2.26. The van der Waals surface area contributed by atoms with Crippen molar-refractivity contribution < 1.29 is 9.15 Å². The van der Waals surface area contributed by atoms with Gasteiger partial charge in [-0.05, 0) is 61.5 Å². The van der Waals surface area contributed by atoms with Gasteiger partial charge in [0.15, 0.2) is 5.11 Å². The summed E-state index contributed by atoms with van der Waals surface area (Å²) in [6.45, 7) is 3.44. The summed E-state index contributed by atoms with van der Waals surface area (Å²) in [5.74, 6) is 1.63. The number of furan rings is 1. The molecule has 4 rings (SSSR count). The Labute approximate surface area is 187 Å². The van der Waals surface area contributed by atoms with E-state index in [-0.39, 0.29) is 12.1 Å². The number of benzene rings is 1. The molecule has 3 aromatic rings. The van der Waals surface area contributed by atoms with Gasteiger partial charge >= 0.3 is 0 Å². The third-order valence-corrected chi connectivity index (χ3v) is 6.16. The molecule has 3 heterocycles. The Kier molecular flexibility index (Phi) is 6.37. The Morgan fingerprint density at radius 2 is 2.07 bits per heavy atom. The van der Waals surface area contributed by atoms with Gasteiger partial charge in [-0.2, -0.15) is 0 Å². The van der Waals surface area contributed by atoms with Gasteiger partial charge in [-0.15, -0.1) is 0 Å². The first kappa shape index (κ1) is 20.8. The summed E-state index contributed by atoms with van der Waals surface area (Å²) in [4.78, 5) is 6.73. The summed E-state index contributed by atoms with van der Waals surface area (Å²) in [6, 6.07) is 15.6. The van der Waals surface area contributed by atoms with Crippen LogP contribution in [-0.4, -0.2) is 35.3 Å². The van der Waals surface area contributed by atoms with Crippen molar-refractivity contribution >= 4 is 28.9 Å². The highest BCUT2D eigenvalue weighted by atomic mass is 35.5. The minimum absolute atomic E-state index is 0.0966. The summed E-state index contributed by atoms with van der Waals surface area (Å²) in [5.41, 5.74) is 2.91. The minimum Gasteiger partial charge on any atom is -0.459 e. The third kappa shape index (κ3) is 4.08. The monoisotopic (exact) mass is 441 g/mol. The molecule has 1 saturated heterocycles. The highest BCUT2D eigenvalue weighted by Gasteiger charge is 2.41. The Morgan fingerprint density at radius 3 is 2.83 bits per heavy atom. The van der Waals surface area contributed by atoms with Crippen molar-refractivity contribution in [1.82, 2.24) is 15.2 Å². The molecule has 7 heteroatoms. The van der Waals surface area contributed by atoms with Gasteiger partial charge in [-0.1, -0.05) is 29.8 Å². The molecule has 0 saturated carbocycles. The lowest BCUT2D eigenvalue weighted by molar-refractivity contribution is 0.177. The Morgan fingerprint density at radius 1 is 1.20 bits per heavy atom. The van der Waals surface area contributed by atoms with Crippen molar-refractivity contribution in [3.8, 4) is 11.3 Å². The number of halogens is 1. The molecule has 0 spiro atoms. The molecular formula is C23H24ClN3O2S. The highest BCUT2D eigenvalue weighted by Crippen LogP contribution is 2.41. The van der Waals surface area contributed by atoms with E-state index in [9.17, 15) is 0 Å². The smallest absolute Gasteiger partial charge is 0.170 e. The molecular weight excluding hydrogens is 418 g/mol. The van der Waals surface area contributed by atoms with E-state index in [1.807, 2.05) is 55.5 Å². The topological polar surface area (TPSA) is 50.5 Å². The van der Waals surface area contributed by atoms with Crippen molar-refractivity contribution in [3.05, 3.63) is 76.8 Å². The van der Waals surface area contributed by atoms with E-state index in [2.05, 4.69) is 15.2 Å². The second kappa shape index (κ2) is 9.16. The van der Waals surface area contributed by atoms with E-state index in [1.54, 1.807) is 13.3 Å². The van der Waals surface area contributed by atoms with E-state index in [1.165, 1.54) is 0 Å². The zero-order chi connectivity index (χ0) is 21.1. The third-order valence-electron chi connectivity index (χ3n) is 5.40. The Hall–Kier alpha value is -2.41. The van der Waals surface area contributed by atoms with Gasteiger partial charge in [-0.3, -0.25) is 4.98 Å². The fourth-order valence-electron chi connectivity index (χ4n) is 3.87. The number of hydrogen-bond donors (Lipinski definition) is 1. The van der Waals surface area contributed by atoms with E-state index in [4.69, 9.17) is 33.0 Å². The number of nitrogens with zero attached hydrogens (tertiary/aromatic N) is 2. The van der Waals surface area contributed by atoms with E-state index < -0.39 is 0 Å². The number of ether oxygens (including phenoxy) is 1. The molecule has 2 aromatic heterocycles. The fourth-order valence-corrected chi connectivity index (χ4v) is 4.37. The predicted octanol–water partition coefficient (Wildman–Crippen LogP) is 5.31. The Bertz CT molecular complexity index is 1020. The lowest BCUT2D eigenvalue weighted by atomic mass is 10.0. The van der Waals surface area contributed by atoms with Crippen molar-refractivity contribution in [2.45, 2.75) is 25.4 Å². The molecule has 0 unspecified atom stereocenters. The van der Waals surface area contributed by atoms with Crippen LogP contribution in [-0.2, 0) is 4.74 Å². The molecule has 30 heavy (non-hydrogen) atoms. The summed E-state index contributed by atoms with van der Waals surface area (Å²) in [7, 11) is 1.71. The number of hydrogen-bond acceptors (Lipinski definition) is 4. The van der Waals surface area contributed by atoms with E-state index in [0.29, 0.717) is 11.7 Å². The average molecular weight is 442 g/mol. The van der Waals surface area contributed by atoms with Gasteiger partial charge in [0.2, 0.25) is 0 Å². The predicted molar refractivity (Wildman–Crippen MR) is 123 cm³/mol. The number of aromatic nitrogens is 1. The van der Waals surface area contributed by atoms with Gasteiger partial charge < -0.3 is 19.4 Å². The zero-order valence-corrected chi connectivity index (χ0v) is 18.5. The van der Waals surface area contributed by atoms with Crippen LogP contribution >= 0.6 is 23.8 Å². The highest BCUT2D eigenvalue weighted by molar-refractivity contribution is 7.80. The van der Waals surface area contributed by atoms with Crippen LogP contribution in [0.1, 0.15) is 35.5 Å². The van der Waals surface area contributed by atoms with Crippen LogP contribution < -0.4 is 5.32 Å². The quantitative estimate of drug-likeness (QED) is 0.396. The van der Waals surface area contributed by atoms with Crippen molar-refractivity contribution in [2.75, 3.05) is 20.3 Å². The number of rotatable bonds is 7. The maximum Gasteiger partial charge on any atom is 0.170 e. The molecule has 2 atom stereocenters. The van der Waals surface area contributed by atoms with Crippen LogP contribution in [0.4, 0.5) is 0 Å². The van der Waals surface area contributed by atoms with Crippen LogP contribution in [0, 0.1) is 6.92 Å². The summed E-state index contributed by atoms with van der Waals surface area (Å²) in [5, 5.41) is 4.86. The van der Waals surface area contributed by atoms with Crippen molar-refractivity contribution in [2.24, 2.45) is 0 Å². The molecule has 1 aliphatic rings.